The minimum atomic E-state index is 0.228. The summed E-state index contributed by atoms with van der Waals surface area (Å²) >= 11 is 1.77. The SMILES string of the molecule is Cc1ccc2c(c1)SC(CO)C(C)N2. The van der Waals surface area contributed by atoms with Gasteiger partial charge in [-0.2, -0.15) is 0 Å². The largest absolute Gasteiger partial charge is 0.395 e. The van der Waals surface area contributed by atoms with Crippen molar-refractivity contribution in [1.29, 1.82) is 0 Å². The second kappa shape index (κ2) is 3.83. The number of nitrogens with one attached hydrogen (secondary N) is 1. The molecule has 1 aromatic carbocycles. The molecule has 0 saturated carbocycles. The normalized spacial score (nSPS) is 25.4. The zero-order valence-electron chi connectivity index (χ0n) is 8.45. The second-order valence-corrected chi connectivity index (χ2v) is 5.05. The molecule has 2 unspecified atom stereocenters. The first-order valence-electron chi connectivity index (χ1n) is 4.85. The van der Waals surface area contributed by atoms with E-state index in [0.717, 1.165) is 0 Å². The van der Waals surface area contributed by atoms with Crippen LogP contribution in [-0.4, -0.2) is 23.0 Å². The number of aliphatic hydroxyl groups is 1. The quantitative estimate of drug-likeness (QED) is 0.744. The van der Waals surface area contributed by atoms with Crippen molar-refractivity contribution in [2.45, 2.75) is 30.0 Å². The number of rotatable bonds is 1. The minimum Gasteiger partial charge on any atom is -0.395 e. The molecule has 0 amide bonds. The summed E-state index contributed by atoms with van der Waals surface area (Å²) in [6, 6.07) is 6.72. The van der Waals surface area contributed by atoms with Gasteiger partial charge < -0.3 is 10.4 Å². The third-order valence-electron chi connectivity index (χ3n) is 2.54. The van der Waals surface area contributed by atoms with Crippen LogP contribution in [0.25, 0.3) is 0 Å². The number of benzene rings is 1. The lowest BCUT2D eigenvalue weighted by Crippen LogP contribution is -2.34. The highest BCUT2D eigenvalue weighted by atomic mass is 32.2. The van der Waals surface area contributed by atoms with E-state index in [-0.39, 0.29) is 11.9 Å². The van der Waals surface area contributed by atoms with Crippen LogP contribution >= 0.6 is 11.8 Å². The van der Waals surface area contributed by atoms with Crippen molar-refractivity contribution in [2.75, 3.05) is 11.9 Å². The van der Waals surface area contributed by atoms with E-state index >= 15 is 0 Å². The van der Waals surface area contributed by atoms with Crippen molar-refractivity contribution in [3.8, 4) is 0 Å². The molecule has 1 aliphatic rings. The Morgan fingerprint density at radius 1 is 1.50 bits per heavy atom. The van der Waals surface area contributed by atoms with E-state index in [0.29, 0.717) is 6.04 Å². The Hall–Kier alpha value is -0.670. The van der Waals surface area contributed by atoms with Gasteiger partial charge in [0.2, 0.25) is 0 Å². The molecule has 0 fully saturated rings. The first-order chi connectivity index (χ1) is 6.70. The molecule has 0 radical (unpaired) electrons. The first kappa shape index (κ1) is 9.87. The molecule has 0 saturated heterocycles. The standard InChI is InChI=1S/C11H15NOS/c1-7-3-4-9-10(5-7)14-11(6-13)8(2)12-9/h3-5,8,11-13H,6H2,1-2H3. The van der Waals surface area contributed by atoms with Gasteiger partial charge in [-0.05, 0) is 31.5 Å². The van der Waals surface area contributed by atoms with Crippen LogP contribution in [0.1, 0.15) is 12.5 Å². The topological polar surface area (TPSA) is 32.3 Å². The van der Waals surface area contributed by atoms with E-state index in [1.54, 1.807) is 11.8 Å². The maximum absolute atomic E-state index is 9.20. The van der Waals surface area contributed by atoms with Crippen LogP contribution in [0.2, 0.25) is 0 Å². The fourth-order valence-electron chi connectivity index (χ4n) is 1.65. The van der Waals surface area contributed by atoms with Gasteiger partial charge in [-0.25, -0.2) is 0 Å². The van der Waals surface area contributed by atoms with Crippen molar-refractivity contribution in [3.63, 3.8) is 0 Å². The average Bonchev–Trinajstić information content (AvgIpc) is 2.17. The zero-order chi connectivity index (χ0) is 10.1. The number of thioether (sulfide) groups is 1. The van der Waals surface area contributed by atoms with Crippen LogP contribution in [0, 0.1) is 6.92 Å². The minimum absolute atomic E-state index is 0.228. The smallest absolute Gasteiger partial charge is 0.0573 e. The van der Waals surface area contributed by atoms with E-state index in [1.165, 1.54) is 16.1 Å². The molecule has 14 heavy (non-hydrogen) atoms. The molecule has 1 aromatic rings. The highest BCUT2D eigenvalue weighted by Gasteiger charge is 2.24. The third-order valence-corrected chi connectivity index (χ3v) is 3.99. The van der Waals surface area contributed by atoms with Crippen molar-refractivity contribution >= 4 is 17.4 Å². The fourth-order valence-corrected chi connectivity index (χ4v) is 2.83. The molecule has 76 valence electrons. The van der Waals surface area contributed by atoms with Gasteiger partial charge in [-0.15, -0.1) is 11.8 Å². The summed E-state index contributed by atoms with van der Waals surface area (Å²) in [6.07, 6.45) is 0. The van der Waals surface area contributed by atoms with Crippen molar-refractivity contribution < 1.29 is 5.11 Å². The number of anilines is 1. The number of fused-ring (bicyclic) bond motifs is 1. The Morgan fingerprint density at radius 2 is 2.29 bits per heavy atom. The maximum Gasteiger partial charge on any atom is 0.0573 e. The van der Waals surface area contributed by atoms with Gasteiger partial charge in [0, 0.05) is 16.6 Å². The molecule has 0 spiro atoms. The zero-order valence-corrected chi connectivity index (χ0v) is 9.27. The van der Waals surface area contributed by atoms with Crippen molar-refractivity contribution in [1.82, 2.24) is 0 Å². The molecule has 0 bridgehead atoms. The van der Waals surface area contributed by atoms with Gasteiger partial charge in [0.25, 0.3) is 0 Å². The highest BCUT2D eigenvalue weighted by Crippen LogP contribution is 2.37. The summed E-state index contributed by atoms with van der Waals surface area (Å²) in [5.74, 6) is 0. The summed E-state index contributed by atoms with van der Waals surface area (Å²) in [4.78, 5) is 1.25. The van der Waals surface area contributed by atoms with Crippen LogP contribution < -0.4 is 5.32 Å². The summed E-state index contributed by atoms with van der Waals surface area (Å²) in [6.45, 7) is 4.43. The molecule has 2 N–H and O–H groups in total. The monoisotopic (exact) mass is 209 g/mol. The van der Waals surface area contributed by atoms with Gasteiger partial charge in [0.1, 0.15) is 0 Å². The number of hydrogen-bond acceptors (Lipinski definition) is 3. The molecule has 3 heteroatoms. The molecule has 1 heterocycles. The van der Waals surface area contributed by atoms with Crippen LogP contribution in [0.4, 0.5) is 5.69 Å². The average molecular weight is 209 g/mol. The van der Waals surface area contributed by atoms with E-state index in [9.17, 15) is 5.11 Å². The van der Waals surface area contributed by atoms with E-state index in [4.69, 9.17) is 0 Å². The molecular weight excluding hydrogens is 194 g/mol. The lowest BCUT2D eigenvalue weighted by molar-refractivity contribution is 0.287. The Balaban J connectivity index is 2.31. The molecule has 1 aliphatic heterocycles. The first-order valence-corrected chi connectivity index (χ1v) is 5.73. The predicted molar refractivity (Wildman–Crippen MR) is 61.0 cm³/mol. The van der Waals surface area contributed by atoms with Crippen molar-refractivity contribution in [3.05, 3.63) is 23.8 Å². The van der Waals surface area contributed by atoms with Gasteiger partial charge >= 0.3 is 0 Å². The summed E-state index contributed by atoms with van der Waals surface area (Å²) < 4.78 is 0. The molecular formula is C11H15NOS. The van der Waals surface area contributed by atoms with Gasteiger partial charge in [0.05, 0.1) is 11.9 Å². The number of aliphatic hydroxyl groups excluding tert-OH is 1. The molecule has 2 atom stereocenters. The second-order valence-electron chi connectivity index (χ2n) is 3.77. The summed E-state index contributed by atoms with van der Waals surface area (Å²) in [5, 5.41) is 12.9. The maximum atomic E-state index is 9.20. The van der Waals surface area contributed by atoms with E-state index in [2.05, 4.69) is 37.4 Å². The third kappa shape index (κ3) is 1.74. The van der Waals surface area contributed by atoms with Crippen LogP contribution in [0.3, 0.4) is 0 Å². The summed E-state index contributed by atoms with van der Waals surface area (Å²) in [5.41, 5.74) is 2.46. The fraction of sp³-hybridized carbons (Fsp3) is 0.455. The van der Waals surface area contributed by atoms with Gasteiger partial charge in [-0.3, -0.25) is 0 Å². The summed E-state index contributed by atoms with van der Waals surface area (Å²) in [7, 11) is 0. The Labute approximate surface area is 88.7 Å². The Morgan fingerprint density at radius 3 is 3.00 bits per heavy atom. The molecule has 0 aliphatic carbocycles. The van der Waals surface area contributed by atoms with Crippen molar-refractivity contribution in [2.24, 2.45) is 0 Å². The molecule has 0 aromatic heterocycles. The van der Waals surface area contributed by atoms with Crippen LogP contribution in [-0.2, 0) is 0 Å². The Kier molecular flexibility index (Phi) is 2.70. The lowest BCUT2D eigenvalue weighted by atomic mass is 10.2. The van der Waals surface area contributed by atoms with Crippen LogP contribution in [0.15, 0.2) is 23.1 Å². The van der Waals surface area contributed by atoms with E-state index < -0.39 is 0 Å². The van der Waals surface area contributed by atoms with Gasteiger partial charge in [0.15, 0.2) is 0 Å². The van der Waals surface area contributed by atoms with Gasteiger partial charge in [-0.1, -0.05) is 6.07 Å². The molecule has 2 nitrogen and oxygen atoms in total. The Bertz CT molecular complexity index is 340. The lowest BCUT2D eigenvalue weighted by Gasteiger charge is -2.30. The van der Waals surface area contributed by atoms with Crippen LogP contribution in [0.5, 0.6) is 0 Å². The highest BCUT2D eigenvalue weighted by molar-refractivity contribution is 8.00. The molecule has 2 rings (SSSR count). The predicted octanol–water partition coefficient (Wildman–Crippen LogP) is 2.26. The number of aryl methyl sites for hydroxylation is 1. The number of hydrogen-bond donors (Lipinski definition) is 2. The van der Waals surface area contributed by atoms with E-state index in [1.807, 2.05) is 0 Å².